The van der Waals surface area contributed by atoms with Crippen LogP contribution in [0.5, 0.6) is 5.75 Å². The largest absolute Gasteiger partial charge is 0.505 e. The molecule has 0 unspecified atom stereocenters. The number of aromatic nitrogens is 1. The number of halogens is 1. The number of amides is 1. The van der Waals surface area contributed by atoms with Crippen LogP contribution in [-0.4, -0.2) is 16.0 Å². The van der Waals surface area contributed by atoms with Gasteiger partial charge in [0, 0.05) is 11.8 Å². The lowest BCUT2D eigenvalue weighted by Crippen LogP contribution is -2.29. The minimum absolute atomic E-state index is 0.0544. The van der Waals surface area contributed by atoms with Gasteiger partial charge in [0.25, 0.3) is 5.91 Å². The van der Waals surface area contributed by atoms with Gasteiger partial charge in [-0.1, -0.05) is 18.2 Å². The van der Waals surface area contributed by atoms with E-state index in [9.17, 15) is 14.3 Å². The summed E-state index contributed by atoms with van der Waals surface area (Å²) >= 11 is 0. The second kappa shape index (κ2) is 5.80. The fraction of sp³-hybridized carbons (Fsp3) is 0.0714. The van der Waals surface area contributed by atoms with Crippen molar-refractivity contribution in [2.24, 2.45) is 0 Å². The zero-order valence-corrected chi connectivity index (χ0v) is 10.2. The molecule has 0 saturated heterocycles. The van der Waals surface area contributed by atoms with Crippen molar-refractivity contribution < 1.29 is 14.3 Å². The molecule has 2 N–H and O–H groups in total. The van der Waals surface area contributed by atoms with E-state index in [0.29, 0.717) is 0 Å². The van der Waals surface area contributed by atoms with Crippen LogP contribution in [0, 0.1) is 17.1 Å². The maximum Gasteiger partial charge on any atom is 0.275 e. The van der Waals surface area contributed by atoms with E-state index >= 15 is 0 Å². The van der Waals surface area contributed by atoms with Crippen molar-refractivity contribution in [1.82, 2.24) is 10.3 Å². The maximum absolute atomic E-state index is 13.6. The minimum Gasteiger partial charge on any atom is -0.505 e. The number of hydrogen-bond acceptors (Lipinski definition) is 4. The SMILES string of the molecule is N#C[C@@H](NC(=O)c1ncccc1O)c1ccccc1F. The van der Waals surface area contributed by atoms with Gasteiger partial charge in [0.15, 0.2) is 5.69 Å². The summed E-state index contributed by atoms with van der Waals surface area (Å²) in [6.45, 7) is 0. The Balaban J connectivity index is 2.24. The molecule has 0 aliphatic carbocycles. The second-order valence-electron chi connectivity index (χ2n) is 3.93. The van der Waals surface area contributed by atoms with Gasteiger partial charge in [-0.05, 0) is 18.2 Å². The summed E-state index contributed by atoms with van der Waals surface area (Å²) in [5.41, 5.74) is -0.164. The summed E-state index contributed by atoms with van der Waals surface area (Å²) < 4.78 is 13.6. The van der Waals surface area contributed by atoms with Crippen molar-refractivity contribution in [1.29, 1.82) is 5.26 Å². The van der Waals surface area contributed by atoms with Crippen LogP contribution in [-0.2, 0) is 0 Å². The van der Waals surface area contributed by atoms with Crippen molar-refractivity contribution >= 4 is 5.91 Å². The molecule has 0 radical (unpaired) electrons. The first-order valence-electron chi connectivity index (χ1n) is 5.72. The van der Waals surface area contributed by atoms with Crippen LogP contribution in [0.1, 0.15) is 22.1 Å². The van der Waals surface area contributed by atoms with Crippen LogP contribution in [0.3, 0.4) is 0 Å². The number of benzene rings is 1. The average molecular weight is 271 g/mol. The Morgan fingerprint density at radius 3 is 2.75 bits per heavy atom. The van der Waals surface area contributed by atoms with Gasteiger partial charge in [0.2, 0.25) is 0 Å². The molecule has 0 bridgehead atoms. The second-order valence-corrected chi connectivity index (χ2v) is 3.93. The quantitative estimate of drug-likeness (QED) is 0.893. The molecule has 0 aliphatic heterocycles. The van der Waals surface area contributed by atoms with Gasteiger partial charge in [0.05, 0.1) is 6.07 Å². The van der Waals surface area contributed by atoms with Gasteiger partial charge in [-0.2, -0.15) is 5.26 Å². The highest BCUT2D eigenvalue weighted by Gasteiger charge is 2.20. The molecule has 5 nitrogen and oxygen atoms in total. The summed E-state index contributed by atoms with van der Waals surface area (Å²) in [7, 11) is 0. The van der Waals surface area contributed by atoms with Gasteiger partial charge in [0.1, 0.15) is 17.6 Å². The predicted molar refractivity (Wildman–Crippen MR) is 68.1 cm³/mol. The van der Waals surface area contributed by atoms with Crippen LogP contribution in [0.2, 0.25) is 0 Å². The number of pyridine rings is 1. The first kappa shape index (κ1) is 13.5. The number of nitrogens with one attached hydrogen (secondary N) is 1. The number of carbonyl (C=O) groups excluding carboxylic acids is 1. The van der Waals surface area contributed by atoms with E-state index in [0.717, 1.165) is 0 Å². The average Bonchev–Trinajstić information content (AvgIpc) is 2.46. The highest BCUT2D eigenvalue weighted by atomic mass is 19.1. The van der Waals surface area contributed by atoms with Gasteiger partial charge in [-0.25, -0.2) is 9.37 Å². The number of carbonyl (C=O) groups is 1. The fourth-order valence-corrected chi connectivity index (χ4v) is 1.66. The lowest BCUT2D eigenvalue weighted by Gasteiger charge is -2.12. The van der Waals surface area contributed by atoms with E-state index in [2.05, 4.69) is 10.3 Å². The molecule has 1 atom stereocenters. The lowest BCUT2D eigenvalue weighted by atomic mass is 10.1. The Kier molecular flexibility index (Phi) is 3.91. The molecule has 1 amide bonds. The van der Waals surface area contributed by atoms with Gasteiger partial charge in [-0.3, -0.25) is 4.79 Å². The van der Waals surface area contributed by atoms with E-state index in [1.54, 1.807) is 12.1 Å². The molecular weight excluding hydrogens is 261 g/mol. The smallest absolute Gasteiger partial charge is 0.275 e. The van der Waals surface area contributed by atoms with Gasteiger partial charge < -0.3 is 10.4 Å². The lowest BCUT2D eigenvalue weighted by molar-refractivity contribution is 0.0936. The van der Waals surface area contributed by atoms with Crippen LogP contribution >= 0.6 is 0 Å². The molecule has 2 rings (SSSR count). The summed E-state index contributed by atoms with van der Waals surface area (Å²) in [5, 5.41) is 20.9. The van der Waals surface area contributed by atoms with Crippen molar-refractivity contribution in [2.45, 2.75) is 6.04 Å². The number of aromatic hydroxyl groups is 1. The molecule has 100 valence electrons. The molecule has 2 aromatic rings. The van der Waals surface area contributed by atoms with Crippen LogP contribution < -0.4 is 5.32 Å². The fourth-order valence-electron chi connectivity index (χ4n) is 1.66. The van der Waals surface area contributed by atoms with E-state index in [-0.39, 0.29) is 17.0 Å². The van der Waals surface area contributed by atoms with Gasteiger partial charge in [-0.15, -0.1) is 0 Å². The Labute approximate surface area is 114 Å². The van der Waals surface area contributed by atoms with Crippen molar-refractivity contribution in [3.63, 3.8) is 0 Å². The molecule has 1 aromatic heterocycles. The van der Waals surface area contributed by atoms with E-state index in [4.69, 9.17) is 5.26 Å². The van der Waals surface area contributed by atoms with E-state index < -0.39 is 17.8 Å². The maximum atomic E-state index is 13.6. The molecule has 1 aromatic carbocycles. The first-order valence-corrected chi connectivity index (χ1v) is 5.72. The highest BCUT2D eigenvalue weighted by Crippen LogP contribution is 2.18. The zero-order chi connectivity index (χ0) is 14.5. The molecule has 0 aliphatic rings. The topological polar surface area (TPSA) is 86.0 Å². The normalized spacial score (nSPS) is 11.4. The number of nitrogens with zero attached hydrogens (tertiary/aromatic N) is 2. The Morgan fingerprint density at radius 1 is 1.35 bits per heavy atom. The van der Waals surface area contributed by atoms with E-state index in [1.165, 1.54) is 36.5 Å². The Bertz CT molecular complexity index is 682. The summed E-state index contributed by atoms with van der Waals surface area (Å²) in [6, 6.07) is 9.05. The summed E-state index contributed by atoms with van der Waals surface area (Å²) in [5.74, 6) is -1.65. The molecule has 1 heterocycles. The number of hydrogen-bond donors (Lipinski definition) is 2. The first-order chi connectivity index (χ1) is 9.63. The van der Waals surface area contributed by atoms with Crippen molar-refractivity contribution in [2.75, 3.05) is 0 Å². The van der Waals surface area contributed by atoms with Crippen molar-refractivity contribution in [3.8, 4) is 11.8 Å². The third-order valence-electron chi connectivity index (χ3n) is 2.62. The monoisotopic (exact) mass is 271 g/mol. The standard InChI is InChI=1S/C14H10FN3O2/c15-10-5-2-1-4-9(10)11(8-16)18-14(20)13-12(19)6-3-7-17-13/h1-7,11,19H,(H,18,20)/t11-/m1/s1. The number of rotatable bonds is 3. The summed E-state index contributed by atoms with van der Waals surface area (Å²) in [6.07, 6.45) is 1.33. The molecule has 0 spiro atoms. The summed E-state index contributed by atoms with van der Waals surface area (Å²) in [4.78, 5) is 15.6. The Hall–Kier alpha value is -2.94. The van der Waals surface area contributed by atoms with Crippen molar-refractivity contribution in [3.05, 3.63) is 59.7 Å². The third-order valence-corrected chi connectivity index (χ3v) is 2.62. The third kappa shape index (κ3) is 2.72. The minimum atomic E-state index is -1.16. The molecule has 6 heteroatoms. The molecule has 20 heavy (non-hydrogen) atoms. The van der Waals surface area contributed by atoms with Gasteiger partial charge >= 0.3 is 0 Å². The highest BCUT2D eigenvalue weighted by molar-refractivity contribution is 5.95. The predicted octanol–water partition coefficient (Wildman–Crippen LogP) is 1.92. The van der Waals surface area contributed by atoms with E-state index in [1.807, 2.05) is 0 Å². The molecule has 0 saturated carbocycles. The number of nitriles is 1. The zero-order valence-electron chi connectivity index (χ0n) is 10.2. The van der Waals surface area contributed by atoms with Crippen LogP contribution in [0.15, 0.2) is 42.6 Å². The Morgan fingerprint density at radius 2 is 2.10 bits per heavy atom. The van der Waals surface area contributed by atoms with Crippen LogP contribution in [0.4, 0.5) is 4.39 Å². The molecular formula is C14H10FN3O2. The molecule has 0 fully saturated rings. The van der Waals surface area contributed by atoms with Crippen LogP contribution in [0.25, 0.3) is 0 Å².